The van der Waals surface area contributed by atoms with Gasteiger partial charge in [0.05, 0.1) is 5.92 Å². The molecule has 1 saturated heterocycles. The number of aliphatic hydroxyl groups is 1. The van der Waals surface area contributed by atoms with Crippen LogP contribution in [-0.2, 0) is 0 Å². The van der Waals surface area contributed by atoms with E-state index in [9.17, 15) is 18.3 Å². The van der Waals surface area contributed by atoms with Gasteiger partial charge in [0.15, 0.2) is 6.10 Å². The van der Waals surface area contributed by atoms with Crippen molar-refractivity contribution in [1.82, 2.24) is 10.1 Å². The summed E-state index contributed by atoms with van der Waals surface area (Å²) in [7, 11) is 0. The van der Waals surface area contributed by atoms with Gasteiger partial charge in [0.1, 0.15) is 0 Å². The van der Waals surface area contributed by atoms with Crippen molar-refractivity contribution >= 4 is 5.95 Å². The van der Waals surface area contributed by atoms with Crippen LogP contribution < -0.4 is 4.90 Å². The summed E-state index contributed by atoms with van der Waals surface area (Å²) in [5, 5.41) is 12.9. The van der Waals surface area contributed by atoms with Crippen molar-refractivity contribution in [3.05, 3.63) is 5.89 Å². The zero-order valence-electron chi connectivity index (χ0n) is 11.2. The Labute approximate surface area is 114 Å². The molecule has 0 spiro atoms. The van der Waals surface area contributed by atoms with Crippen molar-refractivity contribution in [1.29, 1.82) is 0 Å². The minimum atomic E-state index is -4.70. The van der Waals surface area contributed by atoms with Crippen molar-refractivity contribution < 1.29 is 22.8 Å². The van der Waals surface area contributed by atoms with Crippen LogP contribution >= 0.6 is 0 Å². The van der Waals surface area contributed by atoms with Gasteiger partial charge in [-0.2, -0.15) is 18.2 Å². The molecule has 2 atom stereocenters. The standard InChI is InChI=1S/C12H18F3N3O2/c1-8(9(19)12(13,14)15)10-16-11(17-20-10)18-6-4-2-3-5-7-18/h8-9,19H,2-7H2,1H3. The smallest absolute Gasteiger partial charge is 0.383 e. The van der Waals surface area contributed by atoms with Gasteiger partial charge in [0.25, 0.3) is 5.95 Å². The molecule has 2 rings (SSSR count). The number of hydrogen-bond donors (Lipinski definition) is 1. The van der Waals surface area contributed by atoms with Crippen LogP contribution in [-0.4, -0.2) is 40.6 Å². The molecule has 1 aliphatic rings. The van der Waals surface area contributed by atoms with E-state index in [1.165, 1.54) is 6.92 Å². The SMILES string of the molecule is CC(c1nc(N2CCCCCC2)no1)C(O)C(F)(F)F. The van der Waals surface area contributed by atoms with E-state index < -0.39 is 18.2 Å². The zero-order chi connectivity index (χ0) is 14.8. The quantitative estimate of drug-likeness (QED) is 0.927. The van der Waals surface area contributed by atoms with E-state index in [0.717, 1.165) is 38.8 Å². The van der Waals surface area contributed by atoms with Crippen LogP contribution in [0.4, 0.5) is 19.1 Å². The third kappa shape index (κ3) is 3.41. The molecule has 1 fully saturated rings. The monoisotopic (exact) mass is 293 g/mol. The Morgan fingerprint density at radius 2 is 1.80 bits per heavy atom. The van der Waals surface area contributed by atoms with Crippen molar-refractivity contribution in [3.8, 4) is 0 Å². The lowest BCUT2D eigenvalue weighted by molar-refractivity contribution is -0.210. The first-order chi connectivity index (χ1) is 9.39. The summed E-state index contributed by atoms with van der Waals surface area (Å²) in [5.41, 5.74) is 0. The third-order valence-corrected chi connectivity index (χ3v) is 3.52. The average molecular weight is 293 g/mol. The van der Waals surface area contributed by atoms with Crippen molar-refractivity contribution in [2.45, 2.75) is 50.8 Å². The van der Waals surface area contributed by atoms with Gasteiger partial charge in [-0.25, -0.2) is 0 Å². The molecular weight excluding hydrogens is 275 g/mol. The van der Waals surface area contributed by atoms with E-state index in [1.807, 2.05) is 4.90 Å². The van der Waals surface area contributed by atoms with Crippen LogP contribution in [0.2, 0.25) is 0 Å². The Balaban J connectivity index is 2.08. The minimum absolute atomic E-state index is 0.186. The van der Waals surface area contributed by atoms with Crippen LogP contribution in [0, 0.1) is 0 Å². The van der Waals surface area contributed by atoms with E-state index in [0.29, 0.717) is 5.95 Å². The van der Waals surface area contributed by atoms with Crippen LogP contribution in [0.25, 0.3) is 0 Å². The van der Waals surface area contributed by atoms with Crippen LogP contribution in [0.15, 0.2) is 4.52 Å². The molecule has 1 aromatic rings. The Bertz CT molecular complexity index is 428. The van der Waals surface area contributed by atoms with Gasteiger partial charge in [-0.05, 0) is 18.0 Å². The number of aliphatic hydroxyl groups excluding tert-OH is 1. The lowest BCUT2D eigenvalue weighted by Crippen LogP contribution is -2.33. The molecule has 0 aliphatic carbocycles. The lowest BCUT2D eigenvalue weighted by atomic mass is 10.1. The first-order valence-corrected chi connectivity index (χ1v) is 6.73. The molecule has 2 heterocycles. The molecule has 1 aliphatic heterocycles. The second kappa shape index (κ2) is 5.99. The average Bonchev–Trinajstić information content (AvgIpc) is 2.72. The fourth-order valence-corrected chi connectivity index (χ4v) is 2.23. The highest BCUT2D eigenvalue weighted by Crippen LogP contribution is 2.31. The molecule has 8 heteroatoms. The van der Waals surface area contributed by atoms with Crippen LogP contribution in [0.3, 0.4) is 0 Å². The number of hydrogen-bond acceptors (Lipinski definition) is 5. The Hall–Kier alpha value is -1.31. The zero-order valence-corrected chi connectivity index (χ0v) is 11.2. The fourth-order valence-electron chi connectivity index (χ4n) is 2.23. The van der Waals surface area contributed by atoms with Crippen LogP contribution in [0.5, 0.6) is 0 Å². The van der Waals surface area contributed by atoms with Crippen molar-refractivity contribution in [2.24, 2.45) is 0 Å². The van der Waals surface area contributed by atoms with Crippen molar-refractivity contribution in [3.63, 3.8) is 0 Å². The summed E-state index contributed by atoms with van der Waals surface area (Å²) >= 11 is 0. The second-order valence-electron chi connectivity index (χ2n) is 5.11. The van der Waals surface area contributed by atoms with Gasteiger partial charge in [-0.1, -0.05) is 19.8 Å². The van der Waals surface area contributed by atoms with Gasteiger partial charge in [-0.3, -0.25) is 0 Å². The van der Waals surface area contributed by atoms with E-state index in [-0.39, 0.29) is 5.89 Å². The maximum absolute atomic E-state index is 12.5. The van der Waals surface area contributed by atoms with Gasteiger partial charge in [0, 0.05) is 13.1 Å². The predicted octanol–water partition coefficient (Wildman–Crippen LogP) is 2.48. The van der Waals surface area contributed by atoms with E-state index >= 15 is 0 Å². The maximum Gasteiger partial charge on any atom is 0.415 e. The maximum atomic E-state index is 12.5. The molecule has 5 nitrogen and oxygen atoms in total. The molecule has 0 amide bonds. The van der Waals surface area contributed by atoms with Crippen molar-refractivity contribution in [2.75, 3.05) is 18.0 Å². The largest absolute Gasteiger partial charge is 0.415 e. The highest BCUT2D eigenvalue weighted by molar-refractivity contribution is 5.28. The molecule has 0 radical (unpaired) electrons. The molecule has 114 valence electrons. The fraction of sp³-hybridized carbons (Fsp3) is 0.833. The van der Waals surface area contributed by atoms with Gasteiger partial charge >= 0.3 is 6.18 Å². The number of nitrogens with zero attached hydrogens (tertiary/aromatic N) is 3. The molecule has 1 N–H and O–H groups in total. The predicted molar refractivity (Wildman–Crippen MR) is 65.5 cm³/mol. The van der Waals surface area contributed by atoms with E-state index in [2.05, 4.69) is 10.1 Å². The number of rotatable bonds is 3. The van der Waals surface area contributed by atoms with Gasteiger partial charge in [-0.15, -0.1) is 0 Å². The molecule has 20 heavy (non-hydrogen) atoms. The molecule has 1 aromatic heterocycles. The molecule has 2 unspecified atom stereocenters. The summed E-state index contributed by atoms with van der Waals surface area (Å²) in [6.45, 7) is 2.77. The molecule has 0 aromatic carbocycles. The summed E-state index contributed by atoms with van der Waals surface area (Å²) < 4.78 is 42.2. The highest BCUT2D eigenvalue weighted by Gasteiger charge is 2.44. The second-order valence-corrected chi connectivity index (χ2v) is 5.11. The van der Waals surface area contributed by atoms with E-state index in [4.69, 9.17) is 4.52 Å². The lowest BCUT2D eigenvalue weighted by Gasteiger charge is -2.18. The number of halogens is 3. The third-order valence-electron chi connectivity index (χ3n) is 3.52. The number of anilines is 1. The first-order valence-electron chi connectivity index (χ1n) is 6.73. The Morgan fingerprint density at radius 3 is 2.35 bits per heavy atom. The Kier molecular flexibility index (Phi) is 4.52. The van der Waals surface area contributed by atoms with Gasteiger partial charge < -0.3 is 14.5 Å². The summed E-state index contributed by atoms with van der Waals surface area (Å²) in [6, 6.07) is 0. The number of aromatic nitrogens is 2. The Morgan fingerprint density at radius 1 is 1.20 bits per heavy atom. The highest BCUT2D eigenvalue weighted by atomic mass is 19.4. The normalized spacial score (nSPS) is 20.6. The van der Waals surface area contributed by atoms with Crippen LogP contribution in [0.1, 0.15) is 44.4 Å². The molecule has 0 bridgehead atoms. The molecular formula is C12H18F3N3O2. The topological polar surface area (TPSA) is 62.4 Å². The minimum Gasteiger partial charge on any atom is -0.383 e. The molecule has 0 saturated carbocycles. The first kappa shape index (κ1) is 15.1. The summed E-state index contributed by atoms with van der Waals surface area (Å²) in [5.74, 6) is -1.15. The summed E-state index contributed by atoms with van der Waals surface area (Å²) in [4.78, 5) is 5.91. The number of alkyl halides is 3. The van der Waals surface area contributed by atoms with E-state index in [1.54, 1.807) is 0 Å². The summed E-state index contributed by atoms with van der Waals surface area (Å²) in [6.07, 6.45) is -2.93. The van der Waals surface area contributed by atoms with Gasteiger partial charge in [0.2, 0.25) is 5.89 Å².